The highest BCUT2D eigenvalue weighted by molar-refractivity contribution is 5.89. The number of aliphatic carboxylic acids is 1. The molecule has 0 aromatic carbocycles. The third-order valence-electron chi connectivity index (χ3n) is 2.72. The van der Waals surface area contributed by atoms with Crippen LogP contribution < -0.4 is 5.32 Å². The number of hydrogen-bond acceptors (Lipinski definition) is 5. The van der Waals surface area contributed by atoms with Gasteiger partial charge in [0.25, 0.3) is 0 Å². The maximum Gasteiger partial charge on any atom is 0.332 e. The second kappa shape index (κ2) is 5.34. The summed E-state index contributed by atoms with van der Waals surface area (Å²) in [4.78, 5) is 33.9. The van der Waals surface area contributed by atoms with Crippen LogP contribution in [0.5, 0.6) is 0 Å². The molecule has 0 radical (unpaired) electrons. The summed E-state index contributed by atoms with van der Waals surface area (Å²) in [5, 5.41) is 11.2. The minimum absolute atomic E-state index is 0.284. The van der Waals surface area contributed by atoms with Crippen molar-refractivity contribution < 1.29 is 29.0 Å². The number of carboxylic acids is 1. The zero-order valence-corrected chi connectivity index (χ0v) is 10.6. The number of amides is 1. The summed E-state index contributed by atoms with van der Waals surface area (Å²) in [6.07, 6.45) is -1.19. The predicted molar refractivity (Wildman–Crippen MR) is 59.8 cm³/mol. The number of carbonyl (C=O) groups excluding carboxylic acids is 2. The van der Waals surface area contributed by atoms with Crippen LogP contribution in [0.1, 0.15) is 26.7 Å². The number of carbonyl (C=O) groups is 3. The number of hydrogen-bond donors (Lipinski definition) is 2. The Morgan fingerprint density at radius 3 is 2.28 bits per heavy atom. The van der Waals surface area contributed by atoms with E-state index in [4.69, 9.17) is 9.84 Å². The van der Waals surface area contributed by atoms with Gasteiger partial charge >= 0.3 is 11.9 Å². The summed E-state index contributed by atoms with van der Waals surface area (Å²) in [5.74, 6) is -2.17. The number of nitrogens with one attached hydrogen (secondary N) is 1. The zero-order chi connectivity index (χ0) is 13.9. The van der Waals surface area contributed by atoms with Crippen LogP contribution in [0, 0.1) is 0 Å². The molecule has 1 saturated heterocycles. The molecule has 102 valence electrons. The van der Waals surface area contributed by atoms with Gasteiger partial charge in [-0.15, -0.1) is 0 Å². The Bertz CT molecular complexity index is 365. The van der Waals surface area contributed by atoms with Crippen molar-refractivity contribution in [3.63, 3.8) is 0 Å². The minimum Gasteiger partial charge on any atom is -0.479 e. The van der Waals surface area contributed by atoms with Crippen LogP contribution in [0.2, 0.25) is 0 Å². The molecule has 1 aliphatic rings. The molecule has 0 aromatic heterocycles. The van der Waals surface area contributed by atoms with Crippen LogP contribution >= 0.6 is 0 Å². The summed E-state index contributed by atoms with van der Waals surface area (Å²) in [6, 6.07) is 0. The molecule has 1 aliphatic heterocycles. The lowest BCUT2D eigenvalue weighted by Gasteiger charge is -2.24. The predicted octanol–water partition coefficient (Wildman–Crippen LogP) is -0.314. The molecule has 2 N–H and O–H groups in total. The Hall–Kier alpha value is -1.63. The van der Waals surface area contributed by atoms with Crippen molar-refractivity contribution in [1.29, 1.82) is 0 Å². The van der Waals surface area contributed by atoms with Gasteiger partial charge in [-0.3, -0.25) is 4.79 Å². The number of methoxy groups -OCH3 is 1. The van der Waals surface area contributed by atoms with Crippen molar-refractivity contribution in [3.8, 4) is 0 Å². The second-order valence-corrected chi connectivity index (χ2v) is 4.63. The highest BCUT2D eigenvalue weighted by Gasteiger charge is 2.38. The molecule has 18 heavy (non-hydrogen) atoms. The van der Waals surface area contributed by atoms with Crippen LogP contribution in [0.15, 0.2) is 0 Å². The van der Waals surface area contributed by atoms with Crippen LogP contribution in [0.3, 0.4) is 0 Å². The first-order valence-corrected chi connectivity index (χ1v) is 5.56. The molecule has 7 nitrogen and oxygen atoms in total. The molecule has 0 bridgehead atoms. The lowest BCUT2D eigenvalue weighted by atomic mass is 10.1. The van der Waals surface area contributed by atoms with Crippen LogP contribution in [0.25, 0.3) is 0 Å². The van der Waals surface area contributed by atoms with Gasteiger partial charge in [0.2, 0.25) is 5.91 Å². The molecule has 1 fully saturated rings. The first-order valence-electron chi connectivity index (χ1n) is 5.56. The summed E-state index contributed by atoms with van der Waals surface area (Å²) in [6.45, 7) is 3.00. The van der Waals surface area contributed by atoms with Crippen LogP contribution in [0.4, 0.5) is 0 Å². The van der Waals surface area contributed by atoms with E-state index in [0.717, 1.165) is 0 Å². The van der Waals surface area contributed by atoms with E-state index in [1.165, 1.54) is 21.0 Å². The topological polar surface area (TPSA) is 102 Å². The minimum atomic E-state index is -1.17. The highest BCUT2D eigenvalue weighted by atomic mass is 16.5. The fourth-order valence-corrected chi connectivity index (χ4v) is 1.71. The van der Waals surface area contributed by atoms with Gasteiger partial charge in [0.15, 0.2) is 6.10 Å². The lowest BCUT2D eigenvalue weighted by molar-refractivity contribution is -0.155. The van der Waals surface area contributed by atoms with Crippen molar-refractivity contribution in [2.45, 2.75) is 44.4 Å². The van der Waals surface area contributed by atoms with Gasteiger partial charge in [-0.2, -0.15) is 0 Å². The first kappa shape index (κ1) is 14.4. The van der Waals surface area contributed by atoms with Crippen molar-refractivity contribution in [3.05, 3.63) is 0 Å². The second-order valence-electron chi connectivity index (χ2n) is 4.63. The first-order chi connectivity index (χ1) is 8.27. The monoisotopic (exact) mass is 259 g/mol. The number of carboxylic acid groups (broad SMARTS) is 1. The maximum atomic E-state index is 11.8. The average molecular weight is 259 g/mol. The van der Waals surface area contributed by atoms with Crippen LogP contribution in [-0.2, 0) is 23.9 Å². The fourth-order valence-electron chi connectivity index (χ4n) is 1.71. The Balaban J connectivity index is 2.57. The third-order valence-corrected chi connectivity index (χ3v) is 2.72. The Morgan fingerprint density at radius 2 is 1.83 bits per heavy atom. The van der Waals surface area contributed by atoms with E-state index >= 15 is 0 Å². The van der Waals surface area contributed by atoms with E-state index in [0.29, 0.717) is 6.42 Å². The van der Waals surface area contributed by atoms with Gasteiger partial charge in [-0.1, -0.05) is 0 Å². The molecule has 2 atom stereocenters. The van der Waals surface area contributed by atoms with E-state index in [1.54, 1.807) is 0 Å². The summed E-state index contributed by atoms with van der Waals surface area (Å²) >= 11 is 0. The van der Waals surface area contributed by atoms with Crippen LogP contribution in [-0.4, -0.2) is 47.8 Å². The largest absolute Gasteiger partial charge is 0.479 e. The zero-order valence-electron chi connectivity index (χ0n) is 10.6. The molecule has 7 heteroatoms. The molecule has 1 amide bonds. The average Bonchev–Trinajstić information content (AvgIpc) is 2.76. The van der Waals surface area contributed by atoms with Gasteiger partial charge in [0, 0.05) is 0 Å². The van der Waals surface area contributed by atoms with Crippen molar-refractivity contribution in [2.75, 3.05) is 7.11 Å². The molecule has 1 rings (SSSR count). The molecule has 0 aliphatic carbocycles. The Labute approximate surface area is 104 Å². The Morgan fingerprint density at radius 1 is 1.28 bits per heavy atom. The molecule has 0 aromatic rings. The SMILES string of the molecule is COC(=O)C(C)(C)NC(=O)[C@@H]1CC[C@H](C(=O)O)O1. The van der Waals surface area contributed by atoms with E-state index in [-0.39, 0.29) is 6.42 Å². The van der Waals surface area contributed by atoms with Gasteiger partial charge in [-0.05, 0) is 26.7 Å². The number of esters is 1. The standard InChI is InChI=1S/C11H17NO6/c1-11(2,10(16)17-3)12-8(13)6-4-5-7(18-6)9(14)15/h6-7H,4-5H2,1-3H3,(H,12,13)(H,14,15)/t6-,7+/m0/s1. The van der Waals surface area contributed by atoms with Crippen molar-refractivity contribution in [2.24, 2.45) is 0 Å². The third kappa shape index (κ3) is 3.19. The van der Waals surface area contributed by atoms with Gasteiger partial charge in [-0.25, -0.2) is 9.59 Å². The molecule has 0 spiro atoms. The van der Waals surface area contributed by atoms with E-state index < -0.39 is 35.6 Å². The number of rotatable bonds is 4. The van der Waals surface area contributed by atoms with Gasteiger partial charge in [0.1, 0.15) is 11.6 Å². The quantitative estimate of drug-likeness (QED) is 0.671. The maximum absolute atomic E-state index is 11.8. The smallest absolute Gasteiger partial charge is 0.332 e. The number of ether oxygens (including phenoxy) is 2. The lowest BCUT2D eigenvalue weighted by Crippen LogP contribution is -2.53. The van der Waals surface area contributed by atoms with E-state index in [2.05, 4.69) is 10.1 Å². The molecular formula is C11H17NO6. The highest BCUT2D eigenvalue weighted by Crippen LogP contribution is 2.20. The summed E-state index contributed by atoms with van der Waals surface area (Å²) < 4.78 is 9.63. The van der Waals surface area contributed by atoms with E-state index in [1.807, 2.05) is 0 Å². The molecule has 1 heterocycles. The normalized spacial score (nSPS) is 23.5. The molecular weight excluding hydrogens is 242 g/mol. The van der Waals surface area contributed by atoms with Crippen molar-refractivity contribution >= 4 is 17.8 Å². The fraction of sp³-hybridized carbons (Fsp3) is 0.727. The Kier molecular flexibility index (Phi) is 4.28. The summed E-state index contributed by atoms with van der Waals surface area (Å²) in [7, 11) is 1.22. The molecule has 0 saturated carbocycles. The van der Waals surface area contributed by atoms with Crippen molar-refractivity contribution in [1.82, 2.24) is 5.32 Å². The van der Waals surface area contributed by atoms with E-state index in [9.17, 15) is 14.4 Å². The van der Waals surface area contributed by atoms with Gasteiger partial charge < -0.3 is 19.9 Å². The van der Waals surface area contributed by atoms with Gasteiger partial charge in [0.05, 0.1) is 7.11 Å². The molecule has 0 unspecified atom stereocenters. The summed E-state index contributed by atoms with van der Waals surface area (Å²) in [5.41, 5.74) is -1.17.